The highest BCUT2D eigenvalue weighted by atomic mass is 16.3. The highest BCUT2D eigenvalue weighted by Crippen LogP contribution is 2.59. The van der Waals surface area contributed by atoms with E-state index in [9.17, 15) is 0 Å². The number of para-hydroxylation sites is 2. The van der Waals surface area contributed by atoms with Crippen LogP contribution in [-0.4, -0.2) is 0 Å². The van der Waals surface area contributed by atoms with Crippen molar-refractivity contribution in [2.75, 3.05) is 4.90 Å². The van der Waals surface area contributed by atoms with Gasteiger partial charge in [0.25, 0.3) is 0 Å². The summed E-state index contributed by atoms with van der Waals surface area (Å²) in [7, 11) is 0. The number of nitrogens with zero attached hydrogens (tertiary/aromatic N) is 1. The maximum Gasteiger partial charge on any atom is 0.137 e. The fourth-order valence-corrected chi connectivity index (χ4v) is 8.35. The molecule has 2 heteroatoms. The SMILES string of the molecule is c1ccc(N(c2cc(C3(c4ccccc4)c4ccccc4-c4ccccc43)c3c(c2)oc2ccccc23)c2cccc3ccccc23)cc1. The number of hydrogen-bond acceptors (Lipinski definition) is 2. The molecule has 0 amide bonds. The smallest absolute Gasteiger partial charge is 0.137 e. The van der Waals surface area contributed by atoms with Gasteiger partial charge >= 0.3 is 0 Å². The standard InChI is InChI=1S/C47H31NO/c1-3-18-33(19-4-1)47(40-26-12-9-23-37(40)38-24-10-13-27-41(38)47)42-30-35(31-45-46(42)39-25-11-14-29-44(39)49-45)48(34-20-5-2-6-21-34)43-28-15-17-32-16-7-8-22-36(32)43/h1-31H. The summed E-state index contributed by atoms with van der Waals surface area (Å²) in [5.41, 5.74) is 11.9. The molecule has 0 radical (unpaired) electrons. The van der Waals surface area contributed by atoms with Gasteiger partial charge in [0.2, 0.25) is 0 Å². The number of benzene rings is 8. The van der Waals surface area contributed by atoms with Crippen molar-refractivity contribution in [1.29, 1.82) is 0 Å². The van der Waals surface area contributed by atoms with E-state index in [1.807, 2.05) is 0 Å². The molecule has 0 fully saturated rings. The van der Waals surface area contributed by atoms with Crippen LogP contribution in [0, 0.1) is 0 Å². The first kappa shape index (κ1) is 27.7. The summed E-state index contributed by atoms with van der Waals surface area (Å²) >= 11 is 0. The highest BCUT2D eigenvalue weighted by molar-refractivity contribution is 6.11. The molecule has 0 N–H and O–H groups in total. The predicted molar refractivity (Wildman–Crippen MR) is 203 cm³/mol. The van der Waals surface area contributed by atoms with Crippen molar-refractivity contribution in [2.45, 2.75) is 5.41 Å². The van der Waals surface area contributed by atoms with E-state index in [2.05, 4.69) is 193 Å². The second-order valence-electron chi connectivity index (χ2n) is 12.8. The molecule has 0 saturated heterocycles. The Kier molecular flexibility index (Phi) is 6.13. The van der Waals surface area contributed by atoms with Crippen molar-refractivity contribution in [3.05, 3.63) is 210 Å². The molecule has 9 aromatic rings. The molecule has 0 spiro atoms. The Morgan fingerprint density at radius 2 is 1.00 bits per heavy atom. The minimum absolute atomic E-state index is 0.601. The Morgan fingerprint density at radius 1 is 0.408 bits per heavy atom. The number of fused-ring (bicyclic) bond motifs is 7. The molecular formula is C47H31NO. The van der Waals surface area contributed by atoms with Gasteiger partial charge in [-0.15, -0.1) is 0 Å². The zero-order chi connectivity index (χ0) is 32.4. The van der Waals surface area contributed by atoms with Gasteiger partial charge in [0.15, 0.2) is 0 Å². The van der Waals surface area contributed by atoms with E-state index in [1.54, 1.807) is 0 Å². The van der Waals surface area contributed by atoms with E-state index in [0.717, 1.165) is 39.0 Å². The summed E-state index contributed by atoms with van der Waals surface area (Å²) in [4.78, 5) is 2.39. The molecule has 0 atom stereocenters. The van der Waals surface area contributed by atoms with Gasteiger partial charge in [-0.25, -0.2) is 0 Å². The van der Waals surface area contributed by atoms with Gasteiger partial charge in [-0.05, 0) is 69.1 Å². The van der Waals surface area contributed by atoms with Crippen LogP contribution in [0.15, 0.2) is 192 Å². The van der Waals surface area contributed by atoms with Gasteiger partial charge in [-0.1, -0.05) is 152 Å². The van der Waals surface area contributed by atoms with Gasteiger partial charge < -0.3 is 9.32 Å². The van der Waals surface area contributed by atoms with E-state index in [-0.39, 0.29) is 0 Å². The lowest BCUT2D eigenvalue weighted by Gasteiger charge is -2.36. The Hall–Kier alpha value is -6.38. The maximum atomic E-state index is 6.83. The van der Waals surface area contributed by atoms with Crippen molar-refractivity contribution in [1.82, 2.24) is 0 Å². The van der Waals surface area contributed by atoms with E-state index in [1.165, 1.54) is 44.2 Å². The molecule has 0 unspecified atom stereocenters. The van der Waals surface area contributed by atoms with Crippen LogP contribution >= 0.6 is 0 Å². The van der Waals surface area contributed by atoms with Crippen LogP contribution in [-0.2, 0) is 5.41 Å². The van der Waals surface area contributed by atoms with Gasteiger partial charge in [0.1, 0.15) is 11.2 Å². The normalized spacial score (nSPS) is 13.1. The van der Waals surface area contributed by atoms with Gasteiger partial charge in [-0.2, -0.15) is 0 Å². The third-order valence-corrected chi connectivity index (χ3v) is 10.3. The monoisotopic (exact) mass is 625 g/mol. The second-order valence-corrected chi connectivity index (χ2v) is 12.8. The molecule has 2 nitrogen and oxygen atoms in total. The molecule has 0 aliphatic heterocycles. The Bertz CT molecular complexity index is 2620. The average molecular weight is 626 g/mol. The minimum atomic E-state index is -0.601. The van der Waals surface area contributed by atoms with Crippen LogP contribution in [0.5, 0.6) is 0 Å². The molecule has 0 bridgehead atoms. The highest BCUT2D eigenvalue weighted by Gasteiger charge is 2.47. The molecule has 10 rings (SSSR count). The molecule has 1 aliphatic carbocycles. The largest absolute Gasteiger partial charge is 0.456 e. The third kappa shape index (κ3) is 4.01. The van der Waals surface area contributed by atoms with Crippen LogP contribution in [0.2, 0.25) is 0 Å². The van der Waals surface area contributed by atoms with Gasteiger partial charge in [0.05, 0.1) is 16.8 Å². The fraction of sp³-hybridized carbons (Fsp3) is 0.0213. The number of furan rings is 1. The predicted octanol–water partition coefficient (Wildman–Crippen LogP) is 12.6. The van der Waals surface area contributed by atoms with Crippen LogP contribution < -0.4 is 4.90 Å². The van der Waals surface area contributed by atoms with Crippen molar-refractivity contribution >= 4 is 49.8 Å². The van der Waals surface area contributed by atoms with E-state index < -0.39 is 5.41 Å². The second kappa shape index (κ2) is 10.8. The first-order chi connectivity index (χ1) is 24.3. The molecular weight excluding hydrogens is 595 g/mol. The molecule has 49 heavy (non-hydrogen) atoms. The van der Waals surface area contributed by atoms with Crippen molar-refractivity contribution in [3.8, 4) is 11.1 Å². The van der Waals surface area contributed by atoms with Crippen molar-refractivity contribution < 1.29 is 4.42 Å². The van der Waals surface area contributed by atoms with E-state index in [4.69, 9.17) is 4.42 Å². The summed E-state index contributed by atoms with van der Waals surface area (Å²) in [5.74, 6) is 0. The molecule has 8 aromatic carbocycles. The number of hydrogen-bond donors (Lipinski definition) is 0. The zero-order valence-electron chi connectivity index (χ0n) is 26.8. The Morgan fingerprint density at radius 3 is 1.76 bits per heavy atom. The average Bonchev–Trinajstić information content (AvgIpc) is 3.70. The lowest BCUT2D eigenvalue weighted by atomic mass is 9.66. The van der Waals surface area contributed by atoms with Gasteiger partial charge in [-0.3, -0.25) is 0 Å². The number of anilines is 3. The molecule has 1 heterocycles. The summed E-state index contributed by atoms with van der Waals surface area (Å²) in [6.45, 7) is 0. The Labute approximate surface area is 285 Å². The summed E-state index contributed by atoms with van der Waals surface area (Å²) in [6, 6.07) is 68.0. The van der Waals surface area contributed by atoms with Crippen LogP contribution in [0.25, 0.3) is 43.8 Å². The Balaban J connectivity index is 1.39. The van der Waals surface area contributed by atoms with E-state index in [0.29, 0.717) is 0 Å². The molecule has 0 saturated carbocycles. The van der Waals surface area contributed by atoms with Gasteiger partial charge in [0, 0.05) is 27.9 Å². The van der Waals surface area contributed by atoms with Crippen molar-refractivity contribution in [2.24, 2.45) is 0 Å². The van der Waals surface area contributed by atoms with Crippen molar-refractivity contribution in [3.63, 3.8) is 0 Å². The number of rotatable bonds is 5. The maximum absolute atomic E-state index is 6.83. The lowest BCUT2D eigenvalue weighted by Crippen LogP contribution is -2.29. The van der Waals surface area contributed by atoms with Crippen LogP contribution in [0.4, 0.5) is 17.1 Å². The van der Waals surface area contributed by atoms with Crippen LogP contribution in [0.1, 0.15) is 22.3 Å². The molecule has 1 aliphatic rings. The summed E-state index contributed by atoms with van der Waals surface area (Å²) < 4.78 is 6.83. The third-order valence-electron chi connectivity index (χ3n) is 10.3. The lowest BCUT2D eigenvalue weighted by molar-refractivity contribution is 0.667. The zero-order valence-corrected chi connectivity index (χ0v) is 26.8. The summed E-state index contributed by atoms with van der Waals surface area (Å²) in [5, 5.41) is 4.65. The molecule has 1 aromatic heterocycles. The first-order valence-electron chi connectivity index (χ1n) is 16.9. The van der Waals surface area contributed by atoms with Crippen LogP contribution in [0.3, 0.4) is 0 Å². The molecule has 230 valence electrons. The minimum Gasteiger partial charge on any atom is -0.456 e. The van der Waals surface area contributed by atoms with E-state index >= 15 is 0 Å². The topological polar surface area (TPSA) is 16.4 Å². The summed E-state index contributed by atoms with van der Waals surface area (Å²) in [6.07, 6.45) is 0. The quantitative estimate of drug-likeness (QED) is 0.189. The first-order valence-corrected chi connectivity index (χ1v) is 16.9. The fourth-order valence-electron chi connectivity index (χ4n) is 8.35.